The monoisotopic (exact) mass is 401 g/mol. The number of hydrogen-bond acceptors (Lipinski definition) is 2. The van der Waals surface area contributed by atoms with Crippen LogP contribution in [0.25, 0.3) is 16.7 Å². The molecule has 0 aliphatic carbocycles. The van der Waals surface area contributed by atoms with Gasteiger partial charge in [-0.25, -0.2) is 13.8 Å². The maximum Gasteiger partial charge on any atom is 0.205 e. The van der Waals surface area contributed by atoms with Gasteiger partial charge in [0.05, 0.1) is 21.2 Å². The van der Waals surface area contributed by atoms with Crippen molar-refractivity contribution < 1.29 is 8.78 Å². The van der Waals surface area contributed by atoms with Gasteiger partial charge < -0.3 is 5.73 Å². The first-order chi connectivity index (χ1) is 9.47. The van der Waals surface area contributed by atoms with Crippen LogP contribution in [-0.2, 0) is 0 Å². The Morgan fingerprint density at radius 2 is 1.80 bits per heavy atom. The van der Waals surface area contributed by atoms with Crippen molar-refractivity contribution in [2.45, 2.75) is 0 Å². The largest absolute Gasteiger partial charge is 0.369 e. The lowest BCUT2D eigenvalue weighted by atomic mass is 10.2. The van der Waals surface area contributed by atoms with Crippen LogP contribution in [0.15, 0.2) is 39.3 Å². The van der Waals surface area contributed by atoms with Gasteiger partial charge in [-0.15, -0.1) is 0 Å². The van der Waals surface area contributed by atoms with Crippen LogP contribution < -0.4 is 5.73 Å². The summed E-state index contributed by atoms with van der Waals surface area (Å²) < 4.78 is 29.5. The fourth-order valence-corrected chi connectivity index (χ4v) is 2.76. The third kappa shape index (κ3) is 2.10. The molecular formula is C13H7Br2F2N3. The van der Waals surface area contributed by atoms with Crippen LogP contribution in [0.3, 0.4) is 0 Å². The van der Waals surface area contributed by atoms with Crippen molar-refractivity contribution in [1.82, 2.24) is 9.55 Å². The van der Waals surface area contributed by atoms with Crippen LogP contribution in [0.1, 0.15) is 0 Å². The van der Waals surface area contributed by atoms with Gasteiger partial charge in [0.25, 0.3) is 0 Å². The average Bonchev–Trinajstić information content (AvgIpc) is 2.69. The molecule has 0 spiro atoms. The Balaban J connectivity index is 2.38. The molecule has 0 saturated heterocycles. The van der Waals surface area contributed by atoms with Crippen molar-refractivity contribution in [2.75, 3.05) is 5.73 Å². The average molecular weight is 403 g/mol. The lowest BCUT2D eigenvalue weighted by Crippen LogP contribution is -2.02. The zero-order valence-electron chi connectivity index (χ0n) is 9.87. The van der Waals surface area contributed by atoms with Crippen LogP contribution in [0.5, 0.6) is 0 Å². The summed E-state index contributed by atoms with van der Waals surface area (Å²) in [6, 6.07) is 7.08. The molecular weight excluding hydrogens is 396 g/mol. The molecule has 2 aromatic carbocycles. The highest BCUT2D eigenvalue weighted by molar-refractivity contribution is 9.10. The van der Waals surface area contributed by atoms with Gasteiger partial charge in [0.15, 0.2) is 0 Å². The lowest BCUT2D eigenvalue weighted by Gasteiger charge is -2.09. The normalized spacial score (nSPS) is 11.2. The van der Waals surface area contributed by atoms with Gasteiger partial charge in [-0.05, 0) is 56.1 Å². The second-order valence-electron chi connectivity index (χ2n) is 4.16. The minimum absolute atomic E-state index is 0.156. The number of anilines is 1. The predicted octanol–water partition coefficient (Wildman–Crippen LogP) is 4.41. The Kier molecular flexibility index (Phi) is 3.25. The van der Waals surface area contributed by atoms with Gasteiger partial charge in [-0.3, -0.25) is 4.57 Å². The summed E-state index contributed by atoms with van der Waals surface area (Å²) in [6.45, 7) is 0. The first kappa shape index (κ1) is 13.5. The number of imidazole rings is 1. The Morgan fingerprint density at radius 1 is 1.05 bits per heavy atom. The molecule has 7 heteroatoms. The summed E-state index contributed by atoms with van der Waals surface area (Å²) in [6.07, 6.45) is 0. The van der Waals surface area contributed by atoms with E-state index >= 15 is 0 Å². The van der Waals surface area contributed by atoms with Crippen LogP contribution in [0.4, 0.5) is 14.7 Å². The molecule has 3 rings (SSSR count). The van der Waals surface area contributed by atoms with E-state index in [1.54, 1.807) is 16.7 Å². The van der Waals surface area contributed by atoms with Gasteiger partial charge >= 0.3 is 0 Å². The van der Waals surface area contributed by atoms with Crippen molar-refractivity contribution in [3.05, 3.63) is 50.9 Å². The first-order valence-electron chi connectivity index (χ1n) is 5.56. The molecule has 3 nitrogen and oxygen atoms in total. The van der Waals surface area contributed by atoms with E-state index in [2.05, 4.69) is 36.8 Å². The van der Waals surface area contributed by atoms with Crippen LogP contribution in [-0.4, -0.2) is 9.55 Å². The number of nitrogen functional groups attached to an aromatic ring is 1. The number of nitrogens with two attached hydrogens (primary N) is 1. The summed E-state index contributed by atoms with van der Waals surface area (Å²) in [5.41, 5.74) is 7.37. The minimum atomic E-state index is -0.430. The third-order valence-corrected chi connectivity index (χ3v) is 4.15. The number of hydrogen-bond donors (Lipinski definition) is 1. The molecule has 0 aliphatic rings. The molecule has 3 aromatic rings. The maximum atomic E-state index is 13.5. The lowest BCUT2D eigenvalue weighted by molar-refractivity contribution is 0.622. The van der Waals surface area contributed by atoms with Crippen molar-refractivity contribution in [2.24, 2.45) is 0 Å². The van der Waals surface area contributed by atoms with E-state index in [1.807, 2.05) is 0 Å². The van der Waals surface area contributed by atoms with E-state index in [9.17, 15) is 8.78 Å². The number of nitrogens with zero attached hydrogens (tertiary/aromatic N) is 2. The number of aromatic nitrogens is 2. The maximum absolute atomic E-state index is 13.5. The first-order valence-corrected chi connectivity index (χ1v) is 7.14. The summed E-state index contributed by atoms with van der Waals surface area (Å²) in [5.74, 6) is -0.671. The van der Waals surface area contributed by atoms with E-state index in [-0.39, 0.29) is 5.95 Å². The van der Waals surface area contributed by atoms with Gasteiger partial charge in [0.2, 0.25) is 5.95 Å². The fraction of sp³-hybridized carbons (Fsp3) is 0. The molecule has 1 heterocycles. The van der Waals surface area contributed by atoms with Crippen molar-refractivity contribution >= 4 is 48.8 Å². The molecule has 0 saturated carbocycles. The molecule has 102 valence electrons. The van der Waals surface area contributed by atoms with Gasteiger partial charge in [-0.1, -0.05) is 0 Å². The molecule has 0 aliphatic heterocycles. The van der Waals surface area contributed by atoms with Gasteiger partial charge in [0, 0.05) is 10.5 Å². The SMILES string of the molecule is Nc1nc2cc(F)c(Br)cc2n1-c1cc(F)ccc1Br. The number of fused-ring (bicyclic) bond motifs is 1. The second kappa shape index (κ2) is 4.82. The van der Waals surface area contributed by atoms with E-state index < -0.39 is 11.6 Å². The van der Waals surface area contributed by atoms with E-state index in [0.29, 0.717) is 25.7 Å². The Labute approximate surface area is 129 Å². The smallest absolute Gasteiger partial charge is 0.205 e. The minimum Gasteiger partial charge on any atom is -0.369 e. The molecule has 0 fully saturated rings. The Morgan fingerprint density at radius 3 is 2.55 bits per heavy atom. The summed E-state index contributed by atoms with van der Waals surface area (Å²) in [7, 11) is 0. The zero-order valence-corrected chi connectivity index (χ0v) is 13.0. The van der Waals surface area contributed by atoms with Crippen molar-refractivity contribution in [3.63, 3.8) is 0 Å². The molecule has 0 radical (unpaired) electrons. The van der Waals surface area contributed by atoms with Crippen molar-refractivity contribution in [3.8, 4) is 5.69 Å². The van der Waals surface area contributed by atoms with E-state index in [0.717, 1.165) is 0 Å². The summed E-state index contributed by atoms with van der Waals surface area (Å²) in [5, 5.41) is 0. The molecule has 0 bridgehead atoms. The molecule has 1 aromatic heterocycles. The Hall–Kier alpha value is -1.47. The molecule has 0 atom stereocenters. The van der Waals surface area contributed by atoms with Gasteiger partial charge in [-0.2, -0.15) is 0 Å². The topological polar surface area (TPSA) is 43.8 Å². The fourth-order valence-electron chi connectivity index (χ4n) is 2.00. The number of benzene rings is 2. The number of rotatable bonds is 1. The zero-order chi connectivity index (χ0) is 14.4. The van der Waals surface area contributed by atoms with E-state index in [4.69, 9.17) is 5.73 Å². The predicted molar refractivity (Wildman–Crippen MR) is 80.8 cm³/mol. The molecule has 0 amide bonds. The Bertz CT molecular complexity index is 830. The second-order valence-corrected chi connectivity index (χ2v) is 5.86. The third-order valence-electron chi connectivity index (χ3n) is 2.87. The summed E-state index contributed by atoms with van der Waals surface area (Å²) in [4.78, 5) is 4.10. The standard InChI is InChI=1S/C13H7Br2F2N3/c14-7-2-1-6(16)3-11(7)20-12-4-8(15)9(17)5-10(12)19-13(20)18/h1-5H,(H2,18,19). The molecule has 20 heavy (non-hydrogen) atoms. The summed E-state index contributed by atoms with van der Waals surface area (Å²) >= 11 is 6.47. The quantitative estimate of drug-likeness (QED) is 0.655. The molecule has 0 unspecified atom stereocenters. The van der Waals surface area contributed by atoms with Crippen LogP contribution >= 0.6 is 31.9 Å². The van der Waals surface area contributed by atoms with Crippen LogP contribution in [0, 0.1) is 11.6 Å². The number of halogens is 4. The highest BCUT2D eigenvalue weighted by atomic mass is 79.9. The van der Waals surface area contributed by atoms with Crippen molar-refractivity contribution in [1.29, 1.82) is 0 Å². The molecule has 2 N–H and O–H groups in total. The van der Waals surface area contributed by atoms with Gasteiger partial charge in [0.1, 0.15) is 11.6 Å². The van der Waals surface area contributed by atoms with Crippen LogP contribution in [0.2, 0.25) is 0 Å². The van der Waals surface area contributed by atoms with E-state index in [1.165, 1.54) is 18.2 Å². The highest BCUT2D eigenvalue weighted by Crippen LogP contribution is 2.31. The highest BCUT2D eigenvalue weighted by Gasteiger charge is 2.15.